The highest BCUT2D eigenvalue weighted by atomic mass is 16.6. The van der Waals surface area contributed by atoms with Crippen LogP contribution in [0.1, 0.15) is 51.2 Å². The predicted octanol–water partition coefficient (Wildman–Crippen LogP) is 5.69. The summed E-state index contributed by atoms with van der Waals surface area (Å²) in [7, 11) is 3.27. The van der Waals surface area contributed by atoms with Crippen LogP contribution in [0.15, 0.2) is 30.3 Å². The predicted molar refractivity (Wildman–Crippen MR) is 140 cm³/mol. The van der Waals surface area contributed by atoms with Gasteiger partial charge in [0.25, 0.3) is 0 Å². The fraction of sp³-hybridized carbons (Fsp3) is 0.448. The van der Waals surface area contributed by atoms with Gasteiger partial charge in [-0.15, -0.1) is 0 Å². The lowest BCUT2D eigenvalue weighted by Gasteiger charge is -2.33. The van der Waals surface area contributed by atoms with Crippen molar-refractivity contribution < 1.29 is 23.7 Å². The van der Waals surface area contributed by atoms with Crippen molar-refractivity contribution in [2.45, 2.75) is 58.7 Å². The van der Waals surface area contributed by atoms with E-state index < -0.39 is 5.60 Å². The number of benzene rings is 2. The summed E-state index contributed by atoms with van der Waals surface area (Å²) >= 11 is 0. The molecule has 0 bridgehead atoms. The van der Waals surface area contributed by atoms with Crippen molar-refractivity contribution in [2.24, 2.45) is 0 Å². The second-order valence-electron chi connectivity index (χ2n) is 10.4. The van der Waals surface area contributed by atoms with Gasteiger partial charge in [-0.3, -0.25) is 4.79 Å². The first-order chi connectivity index (χ1) is 17.3. The Morgan fingerprint density at radius 2 is 1.83 bits per heavy atom. The van der Waals surface area contributed by atoms with Gasteiger partial charge in [0.05, 0.1) is 25.4 Å². The standard InChI is InChI=1S/C29H34N2O5/c1-29(2,3)36-27(32)9-7-11-31-10-6-8-18-13-21-24(16-23(18)31)35-17-20-12-19-14-25(33-4)26(34-5)15-22(19)30-28(20)21/h12-16H,6-11,17H2,1-5H3. The van der Waals surface area contributed by atoms with Crippen LogP contribution in [0, 0.1) is 0 Å². The molecule has 0 saturated carbocycles. The maximum atomic E-state index is 12.1. The van der Waals surface area contributed by atoms with E-state index in [-0.39, 0.29) is 5.97 Å². The second-order valence-corrected chi connectivity index (χ2v) is 10.4. The fourth-order valence-electron chi connectivity index (χ4n) is 5.08. The third-order valence-corrected chi connectivity index (χ3v) is 6.66. The molecule has 0 saturated heterocycles. The maximum absolute atomic E-state index is 12.1. The third kappa shape index (κ3) is 4.79. The Kier molecular flexibility index (Phi) is 6.41. The average Bonchev–Trinajstić information content (AvgIpc) is 2.84. The number of nitrogens with zero attached hydrogens (tertiary/aromatic N) is 2. The van der Waals surface area contributed by atoms with E-state index in [2.05, 4.69) is 23.1 Å². The summed E-state index contributed by atoms with van der Waals surface area (Å²) < 4.78 is 22.6. The zero-order valence-electron chi connectivity index (χ0n) is 21.8. The zero-order chi connectivity index (χ0) is 25.4. The molecule has 0 aliphatic carbocycles. The van der Waals surface area contributed by atoms with Gasteiger partial charge >= 0.3 is 5.97 Å². The number of rotatable bonds is 6. The number of pyridine rings is 1. The van der Waals surface area contributed by atoms with E-state index in [4.69, 9.17) is 23.9 Å². The number of carbonyl (C=O) groups is 1. The summed E-state index contributed by atoms with van der Waals surface area (Å²) in [6.45, 7) is 7.96. The van der Waals surface area contributed by atoms with Gasteiger partial charge in [0.2, 0.25) is 0 Å². The third-order valence-electron chi connectivity index (χ3n) is 6.66. The highest BCUT2D eigenvalue weighted by molar-refractivity contribution is 5.88. The van der Waals surface area contributed by atoms with E-state index in [1.165, 1.54) is 11.3 Å². The molecule has 3 aromatic rings. The van der Waals surface area contributed by atoms with Crippen LogP contribution in [-0.4, -0.2) is 43.9 Å². The van der Waals surface area contributed by atoms with Crippen molar-refractivity contribution in [2.75, 3.05) is 32.2 Å². The number of ether oxygens (including phenoxy) is 4. The molecular formula is C29H34N2O5. The van der Waals surface area contributed by atoms with Gasteiger partial charge in [0, 0.05) is 53.8 Å². The average molecular weight is 491 g/mol. The summed E-state index contributed by atoms with van der Waals surface area (Å²) in [4.78, 5) is 19.5. The highest BCUT2D eigenvalue weighted by Crippen LogP contribution is 2.44. The highest BCUT2D eigenvalue weighted by Gasteiger charge is 2.26. The first-order valence-electron chi connectivity index (χ1n) is 12.6. The lowest BCUT2D eigenvalue weighted by molar-refractivity contribution is -0.154. The SMILES string of the molecule is COc1cc2cc3c(nc2cc1OC)-c1cc2c(cc1OC3)N(CCCC(=O)OC(C)(C)C)CCC2. The molecular weight excluding hydrogens is 456 g/mol. The van der Waals surface area contributed by atoms with Crippen molar-refractivity contribution in [3.8, 4) is 28.5 Å². The molecule has 7 nitrogen and oxygen atoms in total. The van der Waals surface area contributed by atoms with Crippen LogP contribution >= 0.6 is 0 Å². The molecule has 190 valence electrons. The molecule has 0 amide bonds. The van der Waals surface area contributed by atoms with Gasteiger partial charge in [0.1, 0.15) is 18.0 Å². The summed E-state index contributed by atoms with van der Waals surface area (Å²) in [5, 5.41) is 0.993. The molecule has 0 atom stereocenters. The lowest BCUT2D eigenvalue weighted by Crippen LogP contribution is -2.31. The number of fused-ring (bicyclic) bond motifs is 5. The van der Waals surface area contributed by atoms with Crippen molar-refractivity contribution in [3.05, 3.63) is 41.5 Å². The summed E-state index contributed by atoms with van der Waals surface area (Å²) in [6, 6.07) is 10.4. The first kappa shape index (κ1) is 24.2. The number of carbonyl (C=O) groups excluding carboxylic acids is 1. The minimum atomic E-state index is -0.446. The number of aromatic nitrogens is 1. The van der Waals surface area contributed by atoms with Crippen LogP contribution in [-0.2, 0) is 22.6 Å². The number of hydrogen-bond donors (Lipinski definition) is 0. The molecule has 7 heteroatoms. The molecule has 1 aromatic heterocycles. The Bertz CT molecular complexity index is 1310. The molecule has 0 radical (unpaired) electrons. The summed E-state index contributed by atoms with van der Waals surface area (Å²) in [5.41, 5.74) is 5.96. The minimum absolute atomic E-state index is 0.141. The van der Waals surface area contributed by atoms with Gasteiger partial charge in [0.15, 0.2) is 11.5 Å². The Labute approximate surface area is 212 Å². The van der Waals surface area contributed by atoms with Crippen LogP contribution in [0.3, 0.4) is 0 Å². The van der Waals surface area contributed by atoms with E-state index in [1.54, 1.807) is 14.2 Å². The van der Waals surface area contributed by atoms with Gasteiger partial charge < -0.3 is 23.8 Å². The van der Waals surface area contributed by atoms with Crippen LogP contribution < -0.4 is 19.1 Å². The zero-order valence-corrected chi connectivity index (χ0v) is 21.8. The van der Waals surface area contributed by atoms with E-state index in [9.17, 15) is 4.79 Å². The topological polar surface area (TPSA) is 70.1 Å². The molecule has 2 aliphatic rings. The Balaban J connectivity index is 1.42. The molecule has 0 N–H and O–H groups in total. The van der Waals surface area contributed by atoms with Gasteiger partial charge in [-0.05, 0) is 63.8 Å². The van der Waals surface area contributed by atoms with E-state index in [0.29, 0.717) is 24.5 Å². The second kappa shape index (κ2) is 9.52. The Morgan fingerprint density at radius 3 is 2.58 bits per heavy atom. The minimum Gasteiger partial charge on any atom is -0.493 e. The molecule has 0 fully saturated rings. The Morgan fingerprint density at radius 1 is 1.06 bits per heavy atom. The van der Waals surface area contributed by atoms with E-state index in [0.717, 1.165) is 65.8 Å². The smallest absolute Gasteiger partial charge is 0.306 e. The summed E-state index contributed by atoms with van der Waals surface area (Å²) in [5.74, 6) is 2.06. The fourth-order valence-corrected chi connectivity index (χ4v) is 5.08. The molecule has 3 heterocycles. The number of anilines is 1. The van der Waals surface area contributed by atoms with Crippen LogP contribution in [0.25, 0.3) is 22.2 Å². The van der Waals surface area contributed by atoms with Crippen molar-refractivity contribution in [1.29, 1.82) is 0 Å². The lowest BCUT2D eigenvalue weighted by atomic mass is 9.93. The van der Waals surface area contributed by atoms with Crippen molar-refractivity contribution in [3.63, 3.8) is 0 Å². The molecule has 36 heavy (non-hydrogen) atoms. The van der Waals surface area contributed by atoms with Crippen LogP contribution in [0.5, 0.6) is 17.2 Å². The molecule has 2 aliphatic heterocycles. The quantitative estimate of drug-likeness (QED) is 0.411. The number of methoxy groups -OCH3 is 2. The Hall–Kier alpha value is -3.48. The van der Waals surface area contributed by atoms with E-state index >= 15 is 0 Å². The normalized spacial score (nSPS) is 14.4. The largest absolute Gasteiger partial charge is 0.493 e. The van der Waals surface area contributed by atoms with Crippen molar-refractivity contribution in [1.82, 2.24) is 4.98 Å². The molecule has 0 spiro atoms. The summed E-state index contributed by atoms with van der Waals surface area (Å²) in [6.07, 6.45) is 3.27. The molecule has 2 aromatic carbocycles. The van der Waals surface area contributed by atoms with Gasteiger partial charge in [-0.25, -0.2) is 4.98 Å². The molecule has 5 rings (SSSR count). The van der Waals surface area contributed by atoms with E-state index in [1.807, 2.05) is 32.9 Å². The van der Waals surface area contributed by atoms with Crippen molar-refractivity contribution >= 4 is 22.6 Å². The number of aryl methyl sites for hydroxylation is 1. The maximum Gasteiger partial charge on any atom is 0.306 e. The first-order valence-corrected chi connectivity index (χ1v) is 12.6. The monoisotopic (exact) mass is 490 g/mol. The van der Waals surface area contributed by atoms with Crippen LogP contribution in [0.2, 0.25) is 0 Å². The van der Waals surface area contributed by atoms with Crippen LogP contribution in [0.4, 0.5) is 5.69 Å². The molecule has 0 unspecified atom stereocenters. The van der Waals surface area contributed by atoms with Gasteiger partial charge in [-0.2, -0.15) is 0 Å². The number of hydrogen-bond acceptors (Lipinski definition) is 7. The number of esters is 1. The van der Waals surface area contributed by atoms with Gasteiger partial charge in [-0.1, -0.05) is 0 Å².